The Kier molecular flexibility index (Phi) is 4.11. The highest BCUT2D eigenvalue weighted by molar-refractivity contribution is 5.93. The fourth-order valence-electron chi connectivity index (χ4n) is 2.34. The third kappa shape index (κ3) is 3.13. The molecule has 0 aromatic heterocycles. The van der Waals surface area contributed by atoms with Crippen LogP contribution >= 0.6 is 0 Å². The molecule has 1 aliphatic rings. The zero-order valence-corrected chi connectivity index (χ0v) is 11.5. The van der Waals surface area contributed by atoms with Crippen molar-refractivity contribution in [3.8, 4) is 5.75 Å². The lowest BCUT2D eigenvalue weighted by Gasteiger charge is -2.29. The van der Waals surface area contributed by atoms with Gasteiger partial charge in [-0.15, -0.1) is 0 Å². The maximum absolute atomic E-state index is 11.8. The first-order valence-corrected chi connectivity index (χ1v) is 6.49. The topological polar surface area (TPSA) is 98.2 Å². The van der Waals surface area contributed by atoms with Gasteiger partial charge in [0.2, 0.25) is 11.8 Å². The van der Waals surface area contributed by atoms with Crippen LogP contribution in [-0.4, -0.2) is 45.6 Å². The highest BCUT2D eigenvalue weighted by Crippen LogP contribution is 2.24. The van der Waals surface area contributed by atoms with Gasteiger partial charge in [-0.2, -0.15) is 0 Å². The number of carboxylic acid groups (broad SMARTS) is 1. The molecule has 7 heteroatoms. The Hall–Kier alpha value is -2.57. The number of phenolic OH excluding ortho intramolecular Hbond substituents is 1. The summed E-state index contributed by atoms with van der Waals surface area (Å²) in [5, 5.41) is 18.6. The fourth-order valence-corrected chi connectivity index (χ4v) is 2.34. The van der Waals surface area contributed by atoms with Crippen molar-refractivity contribution in [2.75, 3.05) is 11.6 Å². The van der Waals surface area contributed by atoms with Gasteiger partial charge in [0, 0.05) is 25.1 Å². The Morgan fingerprint density at radius 2 is 2.14 bits per heavy atom. The first kappa shape index (κ1) is 14.8. The van der Waals surface area contributed by atoms with E-state index in [4.69, 9.17) is 5.11 Å². The summed E-state index contributed by atoms with van der Waals surface area (Å²) in [6, 6.07) is 5.11. The minimum absolute atomic E-state index is 0.0127. The standard InChI is InChI=1S/C14H16N2O5/c1-9(17)15(10-3-2-4-11(18)7-10)8-16-12(14(20)21)5-6-13(16)19/h2-4,7,12,18H,5-6,8H2,1H3,(H,20,21)/t12-/m0/s1. The van der Waals surface area contributed by atoms with Gasteiger partial charge < -0.3 is 15.1 Å². The second-order valence-electron chi connectivity index (χ2n) is 4.86. The normalized spacial score (nSPS) is 17.9. The van der Waals surface area contributed by atoms with Crippen molar-refractivity contribution >= 4 is 23.5 Å². The van der Waals surface area contributed by atoms with Crippen LogP contribution in [0.15, 0.2) is 24.3 Å². The lowest BCUT2D eigenvalue weighted by atomic mass is 10.2. The number of nitrogens with zero attached hydrogens (tertiary/aromatic N) is 2. The number of benzene rings is 1. The Labute approximate surface area is 121 Å². The number of phenols is 1. The van der Waals surface area contributed by atoms with Crippen LogP contribution in [0.3, 0.4) is 0 Å². The summed E-state index contributed by atoms with van der Waals surface area (Å²) in [5.41, 5.74) is 0.409. The molecule has 2 rings (SSSR count). The van der Waals surface area contributed by atoms with Gasteiger partial charge in [0.15, 0.2) is 0 Å². The summed E-state index contributed by atoms with van der Waals surface area (Å²) in [6.07, 6.45) is 0.392. The van der Waals surface area contributed by atoms with E-state index in [9.17, 15) is 19.5 Å². The van der Waals surface area contributed by atoms with Crippen molar-refractivity contribution < 1.29 is 24.6 Å². The number of carboxylic acids is 1. The van der Waals surface area contributed by atoms with Crippen molar-refractivity contribution in [3.63, 3.8) is 0 Å². The van der Waals surface area contributed by atoms with Crippen LogP contribution in [0.25, 0.3) is 0 Å². The van der Waals surface area contributed by atoms with Crippen LogP contribution < -0.4 is 4.90 Å². The lowest BCUT2D eigenvalue weighted by Crippen LogP contribution is -2.47. The van der Waals surface area contributed by atoms with Crippen LogP contribution in [-0.2, 0) is 14.4 Å². The molecule has 0 spiro atoms. The Bertz CT molecular complexity index is 586. The van der Waals surface area contributed by atoms with Crippen molar-refractivity contribution in [2.24, 2.45) is 0 Å². The van der Waals surface area contributed by atoms with Gasteiger partial charge in [0.25, 0.3) is 0 Å². The van der Waals surface area contributed by atoms with E-state index < -0.39 is 12.0 Å². The van der Waals surface area contributed by atoms with E-state index in [1.165, 1.54) is 28.9 Å². The molecule has 112 valence electrons. The summed E-state index contributed by atoms with van der Waals surface area (Å²) < 4.78 is 0. The van der Waals surface area contributed by atoms with Gasteiger partial charge in [-0.25, -0.2) is 4.79 Å². The average molecular weight is 292 g/mol. The molecule has 2 amide bonds. The molecule has 1 atom stereocenters. The number of aromatic hydroxyl groups is 1. The maximum Gasteiger partial charge on any atom is 0.326 e. The summed E-state index contributed by atoms with van der Waals surface area (Å²) >= 11 is 0. The molecule has 0 aliphatic carbocycles. The number of carbonyl (C=O) groups excluding carboxylic acids is 2. The van der Waals surface area contributed by atoms with E-state index in [1.54, 1.807) is 12.1 Å². The second-order valence-corrected chi connectivity index (χ2v) is 4.86. The highest BCUT2D eigenvalue weighted by Gasteiger charge is 2.37. The van der Waals surface area contributed by atoms with Gasteiger partial charge in [-0.1, -0.05) is 6.07 Å². The highest BCUT2D eigenvalue weighted by atomic mass is 16.4. The molecule has 1 aromatic carbocycles. The minimum atomic E-state index is -1.08. The van der Waals surface area contributed by atoms with Crippen LogP contribution in [0.1, 0.15) is 19.8 Å². The summed E-state index contributed by atoms with van der Waals surface area (Å²) in [6.45, 7) is 1.18. The lowest BCUT2D eigenvalue weighted by molar-refractivity contribution is -0.146. The zero-order valence-electron chi connectivity index (χ0n) is 11.5. The predicted molar refractivity (Wildman–Crippen MR) is 73.6 cm³/mol. The van der Waals surface area contributed by atoms with E-state index in [0.717, 1.165) is 0 Å². The first-order chi connectivity index (χ1) is 9.90. The van der Waals surface area contributed by atoms with Crippen molar-refractivity contribution in [3.05, 3.63) is 24.3 Å². The molecule has 0 radical (unpaired) electrons. The SMILES string of the molecule is CC(=O)N(CN1C(=O)CC[C@H]1C(=O)O)c1cccc(O)c1. The fraction of sp³-hybridized carbons (Fsp3) is 0.357. The molecule has 1 saturated heterocycles. The molecule has 0 bridgehead atoms. The Morgan fingerprint density at radius 3 is 2.71 bits per heavy atom. The summed E-state index contributed by atoms with van der Waals surface area (Å²) in [7, 11) is 0. The number of aliphatic carboxylic acids is 1. The van der Waals surface area contributed by atoms with Crippen LogP contribution in [0.5, 0.6) is 5.75 Å². The third-order valence-corrected chi connectivity index (χ3v) is 3.43. The number of amides is 2. The molecule has 7 nitrogen and oxygen atoms in total. The monoisotopic (exact) mass is 292 g/mol. The van der Waals surface area contributed by atoms with Gasteiger partial charge in [-0.05, 0) is 18.6 Å². The van der Waals surface area contributed by atoms with Gasteiger partial charge >= 0.3 is 5.97 Å². The van der Waals surface area contributed by atoms with Gasteiger partial charge in [0.1, 0.15) is 18.5 Å². The van der Waals surface area contributed by atoms with Gasteiger partial charge in [0.05, 0.1) is 0 Å². The van der Waals surface area contributed by atoms with Crippen LogP contribution in [0.2, 0.25) is 0 Å². The zero-order chi connectivity index (χ0) is 15.6. The van der Waals surface area contributed by atoms with Crippen LogP contribution in [0.4, 0.5) is 5.69 Å². The molecule has 1 aromatic rings. The van der Waals surface area contributed by atoms with Crippen molar-refractivity contribution in [1.29, 1.82) is 0 Å². The quantitative estimate of drug-likeness (QED) is 0.854. The van der Waals surface area contributed by atoms with E-state index >= 15 is 0 Å². The second kappa shape index (κ2) is 5.82. The number of hydrogen-bond acceptors (Lipinski definition) is 4. The number of rotatable bonds is 4. The number of anilines is 1. The first-order valence-electron chi connectivity index (χ1n) is 6.49. The molecular formula is C14H16N2O5. The van der Waals surface area contributed by atoms with Crippen molar-refractivity contribution in [1.82, 2.24) is 4.90 Å². The summed E-state index contributed by atoms with van der Waals surface area (Å²) in [5.74, 6) is -1.74. The largest absolute Gasteiger partial charge is 0.508 e. The molecule has 1 aliphatic heterocycles. The molecule has 21 heavy (non-hydrogen) atoms. The molecule has 1 heterocycles. The van der Waals surface area contributed by atoms with E-state index in [0.29, 0.717) is 5.69 Å². The smallest absolute Gasteiger partial charge is 0.326 e. The minimum Gasteiger partial charge on any atom is -0.508 e. The molecule has 1 fully saturated rings. The predicted octanol–water partition coefficient (Wildman–Crippen LogP) is 0.778. The number of likely N-dealkylation sites (tertiary alicyclic amines) is 1. The molecule has 2 N–H and O–H groups in total. The molecule has 0 saturated carbocycles. The summed E-state index contributed by atoms with van der Waals surface area (Å²) in [4.78, 5) is 37.2. The van der Waals surface area contributed by atoms with E-state index in [-0.39, 0.29) is 37.1 Å². The number of carbonyl (C=O) groups is 3. The maximum atomic E-state index is 11.8. The van der Waals surface area contributed by atoms with Crippen molar-refractivity contribution in [2.45, 2.75) is 25.8 Å². The third-order valence-electron chi connectivity index (χ3n) is 3.43. The van der Waals surface area contributed by atoms with Crippen LogP contribution in [0, 0.1) is 0 Å². The Balaban J connectivity index is 2.26. The average Bonchev–Trinajstić information content (AvgIpc) is 2.77. The number of hydrogen-bond donors (Lipinski definition) is 2. The van der Waals surface area contributed by atoms with E-state index in [2.05, 4.69) is 0 Å². The Morgan fingerprint density at radius 1 is 1.43 bits per heavy atom. The molecule has 0 unspecified atom stereocenters. The van der Waals surface area contributed by atoms with E-state index in [1.807, 2.05) is 0 Å². The molecular weight excluding hydrogens is 276 g/mol. The van der Waals surface area contributed by atoms with Gasteiger partial charge in [-0.3, -0.25) is 14.5 Å².